The highest BCUT2D eigenvalue weighted by atomic mass is 16.5. The maximum atomic E-state index is 5.79. The lowest BCUT2D eigenvalue weighted by molar-refractivity contribution is -0.0797. The molecule has 2 aliphatic rings. The van der Waals surface area contributed by atoms with E-state index in [1.807, 2.05) is 0 Å². The lowest BCUT2D eigenvalue weighted by Crippen LogP contribution is -2.52. The lowest BCUT2D eigenvalue weighted by atomic mass is 9.94. The van der Waals surface area contributed by atoms with Crippen LogP contribution in [0.2, 0.25) is 0 Å². The van der Waals surface area contributed by atoms with Gasteiger partial charge in [0.25, 0.3) is 0 Å². The quantitative estimate of drug-likeness (QED) is 0.817. The predicted molar refractivity (Wildman–Crippen MR) is 72.8 cm³/mol. The van der Waals surface area contributed by atoms with E-state index in [1.54, 1.807) is 0 Å². The van der Waals surface area contributed by atoms with E-state index in [4.69, 9.17) is 9.47 Å². The number of hydrogen-bond donors (Lipinski definition) is 1. The summed E-state index contributed by atoms with van der Waals surface area (Å²) in [5, 5.41) is 3.61. The van der Waals surface area contributed by atoms with Gasteiger partial charge >= 0.3 is 0 Å². The van der Waals surface area contributed by atoms with Gasteiger partial charge in [0.2, 0.25) is 0 Å². The molecule has 106 valence electrons. The molecule has 4 unspecified atom stereocenters. The minimum absolute atomic E-state index is 0.357. The molecule has 4 atom stereocenters. The molecule has 0 aromatic rings. The van der Waals surface area contributed by atoms with Crippen molar-refractivity contribution in [2.75, 3.05) is 39.4 Å². The summed E-state index contributed by atoms with van der Waals surface area (Å²) >= 11 is 0. The van der Waals surface area contributed by atoms with Crippen LogP contribution in [0.5, 0.6) is 0 Å². The van der Waals surface area contributed by atoms with Gasteiger partial charge in [0.05, 0.1) is 18.8 Å². The normalized spacial score (nSPS) is 38.8. The summed E-state index contributed by atoms with van der Waals surface area (Å²) in [4.78, 5) is 2.54. The fourth-order valence-electron chi connectivity index (χ4n) is 3.27. The molecule has 2 fully saturated rings. The average molecular weight is 256 g/mol. The largest absolute Gasteiger partial charge is 0.381 e. The van der Waals surface area contributed by atoms with Crippen molar-refractivity contribution in [3.05, 3.63) is 0 Å². The summed E-state index contributed by atoms with van der Waals surface area (Å²) in [7, 11) is 0. The van der Waals surface area contributed by atoms with E-state index in [0.717, 1.165) is 45.8 Å². The van der Waals surface area contributed by atoms with Gasteiger partial charge in [-0.3, -0.25) is 4.90 Å². The molecule has 0 bridgehead atoms. The van der Waals surface area contributed by atoms with Crippen LogP contribution < -0.4 is 5.32 Å². The van der Waals surface area contributed by atoms with Crippen LogP contribution in [0, 0.1) is 5.92 Å². The summed E-state index contributed by atoms with van der Waals surface area (Å²) in [6.45, 7) is 12.6. The van der Waals surface area contributed by atoms with Crippen LogP contribution in [-0.4, -0.2) is 62.5 Å². The van der Waals surface area contributed by atoms with Crippen LogP contribution in [0.4, 0.5) is 0 Å². The Kier molecular flexibility index (Phi) is 5.42. The molecule has 0 saturated carbocycles. The Bertz CT molecular complexity index is 238. The van der Waals surface area contributed by atoms with Crippen molar-refractivity contribution in [1.82, 2.24) is 10.2 Å². The molecule has 0 radical (unpaired) electrons. The van der Waals surface area contributed by atoms with Gasteiger partial charge in [-0.1, -0.05) is 6.92 Å². The molecule has 4 nitrogen and oxygen atoms in total. The molecule has 2 saturated heterocycles. The van der Waals surface area contributed by atoms with Crippen molar-refractivity contribution in [1.29, 1.82) is 0 Å². The standard InChI is InChI=1S/C14H28N2O2/c1-4-15-14-5-6-17-10-13(14)9-16-7-11(2)18-12(3)8-16/h11-15H,4-10H2,1-3H3. The molecule has 0 spiro atoms. The van der Waals surface area contributed by atoms with Gasteiger partial charge < -0.3 is 14.8 Å². The Morgan fingerprint density at radius 1 is 1.22 bits per heavy atom. The Balaban J connectivity index is 1.85. The lowest BCUT2D eigenvalue weighted by Gasteiger charge is -2.40. The molecule has 2 heterocycles. The molecule has 4 heteroatoms. The zero-order valence-corrected chi connectivity index (χ0v) is 12.0. The predicted octanol–water partition coefficient (Wildman–Crippen LogP) is 1.11. The van der Waals surface area contributed by atoms with E-state index in [0.29, 0.717) is 24.2 Å². The van der Waals surface area contributed by atoms with Crippen LogP contribution >= 0.6 is 0 Å². The van der Waals surface area contributed by atoms with Crippen LogP contribution in [0.3, 0.4) is 0 Å². The molecule has 0 aromatic heterocycles. The van der Waals surface area contributed by atoms with Gasteiger partial charge in [-0.15, -0.1) is 0 Å². The molecule has 1 N–H and O–H groups in total. The number of rotatable bonds is 4. The summed E-state index contributed by atoms with van der Waals surface area (Å²) in [6.07, 6.45) is 1.86. The smallest absolute Gasteiger partial charge is 0.0678 e. The van der Waals surface area contributed by atoms with Crippen molar-refractivity contribution < 1.29 is 9.47 Å². The molecule has 0 aromatic carbocycles. The van der Waals surface area contributed by atoms with Crippen LogP contribution in [0.15, 0.2) is 0 Å². The maximum absolute atomic E-state index is 5.79. The second-order valence-electron chi connectivity index (χ2n) is 5.76. The molecule has 2 rings (SSSR count). The van der Waals surface area contributed by atoms with Crippen LogP contribution in [-0.2, 0) is 9.47 Å². The second kappa shape index (κ2) is 6.85. The summed E-state index contributed by atoms with van der Waals surface area (Å²) < 4.78 is 11.4. The third-order valence-electron chi connectivity index (χ3n) is 3.93. The number of nitrogens with zero attached hydrogens (tertiary/aromatic N) is 1. The summed E-state index contributed by atoms with van der Waals surface area (Å²) in [5.74, 6) is 0.621. The third kappa shape index (κ3) is 3.92. The zero-order valence-electron chi connectivity index (χ0n) is 12.0. The highest BCUT2D eigenvalue weighted by molar-refractivity contribution is 4.84. The minimum Gasteiger partial charge on any atom is -0.381 e. The van der Waals surface area contributed by atoms with Gasteiger partial charge in [-0.25, -0.2) is 0 Å². The molecule has 0 amide bonds. The first-order valence-corrected chi connectivity index (χ1v) is 7.38. The highest BCUT2D eigenvalue weighted by Crippen LogP contribution is 2.19. The topological polar surface area (TPSA) is 33.7 Å². The van der Waals surface area contributed by atoms with Gasteiger partial charge in [-0.05, 0) is 26.8 Å². The Morgan fingerprint density at radius 2 is 1.94 bits per heavy atom. The number of morpholine rings is 1. The van der Waals surface area contributed by atoms with Crippen molar-refractivity contribution in [3.63, 3.8) is 0 Å². The van der Waals surface area contributed by atoms with Crippen molar-refractivity contribution in [2.45, 2.75) is 45.4 Å². The molecular formula is C14H28N2O2. The summed E-state index contributed by atoms with van der Waals surface area (Å²) in [6, 6.07) is 0.622. The number of hydrogen-bond acceptors (Lipinski definition) is 4. The fraction of sp³-hybridized carbons (Fsp3) is 1.00. The van der Waals surface area contributed by atoms with E-state index in [1.165, 1.54) is 0 Å². The second-order valence-corrected chi connectivity index (χ2v) is 5.76. The minimum atomic E-state index is 0.357. The van der Waals surface area contributed by atoms with Gasteiger partial charge in [0, 0.05) is 38.2 Å². The van der Waals surface area contributed by atoms with Crippen molar-refractivity contribution in [2.24, 2.45) is 5.92 Å². The van der Waals surface area contributed by atoms with E-state index >= 15 is 0 Å². The van der Waals surface area contributed by atoms with Crippen LogP contribution in [0.1, 0.15) is 27.2 Å². The number of nitrogens with one attached hydrogen (secondary N) is 1. The fourth-order valence-corrected chi connectivity index (χ4v) is 3.27. The Labute approximate surface area is 111 Å². The SMILES string of the molecule is CCNC1CCOCC1CN1CC(C)OC(C)C1. The Hall–Kier alpha value is -0.160. The molecular weight excluding hydrogens is 228 g/mol. The Morgan fingerprint density at radius 3 is 2.61 bits per heavy atom. The monoisotopic (exact) mass is 256 g/mol. The molecule has 18 heavy (non-hydrogen) atoms. The van der Waals surface area contributed by atoms with E-state index in [-0.39, 0.29) is 0 Å². The highest BCUT2D eigenvalue weighted by Gasteiger charge is 2.30. The first-order chi connectivity index (χ1) is 8.69. The van der Waals surface area contributed by atoms with E-state index in [2.05, 4.69) is 31.0 Å². The third-order valence-corrected chi connectivity index (χ3v) is 3.93. The summed E-state index contributed by atoms with van der Waals surface area (Å²) in [5.41, 5.74) is 0. The maximum Gasteiger partial charge on any atom is 0.0678 e. The zero-order chi connectivity index (χ0) is 13.0. The van der Waals surface area contributed by atoms with Gasteiger partial charge in [-0.2, -0.15) is 0 Å². The first-order valence-electron chi connectivity index (χ1n) is 7.38. The van der Waals surface area contributed by atoms with E-state index < -0.39 is 0 Å². The van der Waals surface area contributed by atoms with Crippen molar-refractivity contribution in [3.8, 4) is 0 Å². The van der Waals surface area contributed by atoms with Crippen LogP contribution in [0.25, 0.3) is 0 Å². The number of ether oxygens (including phenoxy) is 2. The first kappa shape index (κ1) is 14.3. The van der Waals surface area contributed by atoms with E-state index in [9.17, 15) is 0 Å². The van der Waals surface area contributed by atoms with Crippen molar-refractivity contribution >= 4 is 0 Å². The van der Waals surface area contributed by atoms with Gasteiger partial charge in [0.15, 0.2) is 0 Å². The molecule has 0 aliphatic carbocycles. The van der Waals surface area contributed by atoms with Gasteiger partial charge in [0.1, 0.15) is 0 Å². The molecule has 2 aliphatic heterocycles. The average Bonchev–Trinajstić information content (AvgIpc) is 2.30.